The molecule has 0 saturated heterocycles. The number of aromatic nitrogens is 6. The summed E-state index contributed by atoms with van der Waals surface area (Å²) in [5.74, 6) is 0. The van der Waals surface area contributed by atoms with Crippen LogP contribution < -0.4 is 0 Å². The predicted octanol–water partition coefficient (Wildman–Crippen LogP) is 9.38. The van der Waals surface area contributed by atoms with E-state index < -0.39 is 0 Å². The Kier molecular flexibility index (Phi) is 7.99. The van der Waals surface area contributed by atoms with Crippen molar-refractivity contribution in [3.63, 3.8) is 0 Å². The second-order valence-corrected chi connectivity index (χ2v) is 12.1. The summed E-state index contributed by atoms with van der Waals surface area (Å²) < 4.78 is 0. The summed E-state index contributed by atoms with van der Waals surface area (Å²) in [6, 6.07) is 40.6. The summed E-state index contributed by atoms with van der Waals surface area (Å²) >= 11 is 0. The van der Waals surface area contributed by atoms with Crippen LogP contribution in [0.25, 0.3) is 45.0 Å². The molecule has 0 saturated carbocycles. The molecule has 0 N–H and O–H groups in total. The lowest BCUT2D eigenvalue weighted by molar-refractivity contribution is 1.26. The Hall–Kier alpha value is -7.32. The number of benzene rings is 2. The molecule has 52 heavy (non-hydrogen) atoms. The normalized spacial score (nSPS) is 14.1. The molecule has 8 aromatic rings. The number of fused-ring (bicyclic) bond motifs is 2. The molecule has 8 heteroatoms. The zero-order valence-electron chi connectivity index (χ0n) is 27.7. The summed E-state index contributed by atoms with van der Waals surface area (Å²) in [6.07, 6.45) is 14.3. The van der Waals surface area contributed by atoms with E-state index in [4.69, 9.17) is 20.0 Å². The molecule has 1 aliphatic heterocycles. The second-order valence-electron chi connectivity index (χ2n) is 12.1. The van der Waals surface area contributed by atoms with Crippen molar-refractivity contribution >= 4 is 22.8 Å². The smallest absolute Gasteiger partial charge is 0.0914 e. The van der Waals surface area contributed by atoms with Crippen molar-refractivity contribution in [1.82, 2.24) is 29.9 Å². The Bertz CT molecular complexity index is 2420. The zero-order chi connectivity index (χ0) is 34.7. The maximum absolute atomic E-state index is 5.26. The third kappa shape index (κ3) is 6.05. The van der Waals surface area contributed by atoms with Gasteiger partial charge in [0, 0.05) is 81.7 Å². The van der Waals surface area contributed by atoms with Crippen molar-refractivity contribution in [3.05, 3.63) is 193 Å². The summed E-state index contributed by atoms with van der Waals surface area (Å²) in [5, 5.41) is 0. The molecule has 6 aromatic heterocycles. The van der Waals surface area contributed by atoms with Crippen LogP contribution in [0.1, 0.15) is 22.3 Å². The van der Waals surface area contributed by atoms with E-state index in [1.54, 1.807) is 49.6 Å². The Morgan fingerprint density at radius 2 is 0.615 bits per heavy atom. The lowest BCUT2D eigenvalue weighted by Gasteiger charge is -2.18. The third-order valence-corrected chi connectivity index (χ3v) is 8.93. The van der Waals surface area contributed by atoms with Crippen LogP contribution in [0.5, 0.6) is 0 Å². The van der Waals surface area contributed by atoms with Crippen LogP contribution in [0.15, 0.2) is 181 Å². The van der Waals surface area contributed by atoms with Crippen LogP contribution in [0.3, 0.4) is 0 Å². The van der Waals surface area contributed by atoms with Gasteiger partial charge in [-0.1, -0.05) is 60.7 Å². The molecule has 0 radical (unpaired) electrons. The minimum atomic E-state index is 0.727. The van der Waals surface area contributed by atoms with Gasteiger partial charge < -0.3 is 0 Å². The van der Waals surface area contributed by atoms with E-state index in [9.17, 15) is 0 Å². The van der Waals surface area contributed by atoms with Gasteiger partial charge in [0.1, 0.15) is 0 Å². The van der Waals surface area contributed by atoms with Crippen LogP contribution in [0, 0.1) is 0 Å². The SMILES string of the molecule is c1cc(-c2ccncc2)nc(-c2ccc(/C3=N/c4cnccc4/C(c4ccc(-c5cccc(-c6ccncc6)n5)cc4)=N\c4cnccc43)cc2)c1. The van der Waals surface area contributed by atoms with Gasteiger partial charge in [-0.05, 0) is 60.7 Å². The lowest BCUT2D eigenvalue weighted by atomic mass is 9.96. The maximum Gasteiger partial charge on any atom is 0.0914 e. The van der Waals surface area contributed by atoms with Gasteiger partial charge in [-0.15, -0.1) is 0 Å². The Labute approximate surface area is 300 Å². The molecule has 1 aliphatic rings. The van der Waals surface area contributed by atoms with E-state index >= 15 is 0 Å². The fourth-order valence-electron chi connectivity index (χ4n) is 6.31. The molecule has 0 fully saturated rings. The molecule has 0 spiro atoms. The largest absolute Gasteiger partial charge is 0.265 e. The fourth-order valence-corrected chi connectivity index (χ4v) is 6.31. The maximum atomic E-state index is 5.26. The molecule has 0 amide bonds. The van der Waals surface area contributed by atoms with Crippen LogP contribution in [0.4, 0.5) is 11.4 Å². The highest BCUT2D eigenvalue weighted by Gasteiger charge is 2.21. The van der Waals surface area contributed by atoms with Gasteiger partial charge in [-0.3, -0.25) is 19.9 Å². The first-order valence-electron chi connectivity index (χ1n) is 16.8. The minimum Gasteiger partial charge on any atom is -0.265 e. The topological polar surface area (TPSA) is 102 Å². The third-order valence-electron chi connectivity index (χ3n) is 8.93. The van der Waals surface area contributed by atoms with Crippen LogP contribution in [-0.2, 0) is 0 Å². The van der Waals surface area contributed by atoms with Crippen molar-refractivity contribution in [2.45, 2.75) is 0 Å². The second kappa shape index (κ2) is 13.5. The van der Waals surface area contributed by atoms with E-state index in [2.05, 4.69) is 68.5 Å². The first-order valence-corrected chi connectivity index (χ1v) is 16.8. The van der Waals surface area contributed by atoms with E-state index in [0.717, 1.165) is 90.1 Å². The van der Waals surface area contributed by atoms with Gasteiger partial charge in [0.25, 0.3) is 0 Å². The first kappa shape index (κ1) is 30.7. The van der Waals surface area contributed by atoms with Crippen molar-refractivity contribution < 1.29 is 0 Å². The predicted molar refractivity (Wildman–Crippen MR) is 205 cm³/mol. The first-order chi connectivity index (χ1) is 25.8. The van der Waals surface area contributed by atoms with Gasteiger partial charge in [-0.25, -0.2) is 20.0 Å². The molecule has 7 heterocycles. The summed E-state index contributed by atoms with van der Waals surface area (Å²) in [4.78, 5) is 37.5. The Balaban J connectivity index is 1.07. The number of nitrogens with zero attached hydrogens (tertiary/aromatic N) is 8. The van der Waals surface area contributed by atoms with E-state index in [1.807, 2.05) is 72.8 Å². The van der Waals surface area contributed by atoms with Crippen LogP contribution in [-0.4, -0.2) is 41.3 Å². The molecule has 9 rings (SSSR count). The average molecular weight is 669 g/mol. The zero-order valence-corrected chi connectivity index (χ0v) is 27.7. The highest BCUT2D eigenvalue weighted by Crippen LogP contribution is 2.34. The molecule has 0 aliphatic carbocycles. The van der Waals surface area contributed by atoms with E-state index in [0.29, 0.717) is 0 Å². The number of aliphatic imine (C=N–C) groups is 2. The van der Waals surface area contributed by atoms with E-state index in [1.165, 1.54) is 0 Å². The number of rotatable bonds is 6. The number of hydrogen-bond acceptors (Lipinski definition) is 8. The highest BCUT2D eigenvalue weighted by molar-refractivity contribution is 6.22. The minimum absolute atomic E-state index is 0.727. The van der Waals surface area contributed by atoms with E-state index in [-0.39, 0.29) is 0 Å². The molecular formula is C44H28N8. The average Bonchev–Trinajstić information content (AvgIpc) is 3.22. The molecule has 2 aromatic carbocycles. The van der Waals surface area contributed by atoms with Crippen molar-refractivity contribution in [1.29, 1.82) is 0 Å². The monoisotopic (exact) mass is 668 g/mol. The quantitative estimate of drug-likeness (QED) is 0.175. The Morgan fingerprint density at radius 1 is 0.288 bits per heavy atom. The molecule has 8 nitrogen and oxygen atoms in total. The van der Waals surface area contributed by atoms with Crippen molar-refractivity contribution in [2.24, 2.45) is 9.98 Å². The van der Waals surface area contributed by atoms with Crippen LogP contribution in [0.2, 0.25) is 0 Å². The molecule has 0 unspecified atom stereocenters. The van der Waals surface area contributed by atoms with Gasteiger partial charge in [0.05, 0.1) is 58.0 Å². The van der Waals surface area contributed by atoms with Gasteiger partial charge in [0.15, 0.2) is 0 Å². The molecular weight excluding hydrogens is 641 g/mol. The van der Waals surface area contributed by atoms with Gasteiger partial charge in [-0.2, -0.15) is 0 Å². The molecule has 244 valence electrons. The van der Waals surface area contributed by atoms with Crippen molar-refractivity contribution in [2.75, 3.05) is 0 Å². The number of pyridine rings is 6. The molecule has 0 atom stereocenters. The Morgan fingerprint density at radius 3 is 1.00 bits per heavy atom. The highest BCUT2D eigenvalue weighted by atomic mass is 14.9. The summed E-state index contributed by atoms with van der Waals surface area (Å²) in [5.41, 5.74) is 14.3. The standard InChI is InChI=1S/C44H28N8/c1-3-37(49-39(5-1)31-15-21-45-22-16-31)29-7-11-33(12-8-29)43-35-19-25-47-27-41(35)52-44(36-20-26-48-28-42(36)51-43)34-13-9-30(10-14-34)38-4-2-6-40(50-38)32-17-23-46-24-18-32/h1-28H/b43-35?,44-36?,51-42?,51-43-,52-41?,52-44-. The molecule has 0 bridgehead atoms. The lowest BCUT2D eigenvalue weighted by Crippen LogP contribution is -2.10. The fraction of sp³-hybridized carbons (Fsp3) is 0. The van der Waals surface area contributed by atoms with Gasteiger partial charge in [0.2, 0.25) is 0 Å². The number of hydrogen-bond donors (Lipinski definition) is 0. The van der Waals surface area contributed by atoms with Crippen molar-refractivity contribution in [3.8, 4) is 45.0 Å². The summed E-state index contributed by atoms with van der Waals surface area (Å²) in [7, 11) is 0. The van der Waals surface area contributed by atoms with Gasteiger partial charge >= 0.3 is 0 Å². The summed E-state index contributed by atoms with van der Waals surface area (Å²) in [6.45, 7) is 0. The van der Waals surface area contributed by atoms with Crippen LogP contribution >= 0.6 is 0 Å².